The first-order valence-electron chi connectivity index (χ1n) is 6.09. The van der Waals surface area contributed by atoms with E-state index in [4.69, 9.17) is 16.7 Å². The minimum atomic E-state index is -0.935. The lowest BCUT2D eigenvalue weighted by Gasteiger charge is -2.24. The number of aromatic carboxylic acids is 1. The van der Waals surface area contributed by atoms with Crippen molar-refractivity contribution < 1.29 is 9.90 Å². The molecule has 0 saturated carbocycles. The Morgan fingerprint density at radius 3 is 2.75 bits per heavy atom. The van der Waals surface area contributed by atoms with Crippen LogP contribution in [0.15, 0.2) is 24.3 Å². The van der Waals surface area contributed by atoms with Crippen molar-refractivity contribution in [3.05, 3.63) is 45.4 Å². The molecule has 1 aromatic heterocycles. The second kappa shape index (κ2) is 5.81. The van der Waals surface area contributed by atoms with Gasteiger partial charge in [0.05, 0.1) is 11.7 Å². The lowest BCUT2D eigenvalue weighted by molar-refractivity contribution is 0.0701. The summed E-state index contributed by atoms with van der Waals surface area (Å²) in [6.07, 6.45) is 0. The van der Waals surface area contributed by atoms with Crippen LogP contribution >= 0.6 is 22.9 Å². The number of benzene rings is 1. The van der Waals surface area contributed by atoms with Crippen LogP contribution < -0.4 is 4.90 Å². The van der Waals surface area contributed by atoms with E-state index >= 15 is 0 Å². The third-order valence-corrected chi connectivity index (χ3v) is 4.66. The molecule has 20 heavy (non-hydrogen) atoms. The van der Waals surface area contributed by atoms with E-state index in [0.717, 1.165) is 5.56 Å². The van der Waals surface area contributed by atoms with Crippen LogP contribution in [0.25, 0.3) is 0 Å². The fourth-order valence-electron chi connectivity index (χ4n) is 1.89. The number of nitrogens with zero attached hydrogens (tertiary/aromatic N) is 2. The van der Waals surface area contributed by atoms with Crippen LogP contribution in [-0.4, -0.2) is 23.1 Å². The number of aryl methyl sites for hydroxylation is 1. The standard InChI is InChI=1S/C14H15ClN2O2S/c1-8-12(13(18)19)20-14(16-8)17(3)9(2)10-5-4-6-11(15)7-10/h4-7,9H,1-3H3,(H,18,19). The normalized spacial score (nSPS) is 12.2. The van der Waals surface area contributed by atoms with Gasteiger partial charge in [-0.05, 0) is 31.5 Å². The fraction of sp³-hybridized carbons (Fsp3) is 0.286. The molecule has 0 aliphatic carbocycles. The number of thiazole rings is 1. The highest BCUT2D eigenvalue weighted by Crippen LogP contribution is 2.31. The molecule has 0 aliphatic heterocycles. The topological polar surface area (TPSA) is 53.4 Å². The van der Waals surface area contributed by atoms with E-state index in [2.05, 4.69) is 4.98 Å². The van der Waals surface area contributed by atoms with Crippen LogP contribution in [0, 0.1) is 6.92 Å². The van der Waals surface area contributed by atoms with Crippen LogP contribution in [0.5, 0.6) is 0 Å². The monoisotopic (exact) mass is 310 g/mol. The van der Waals surface area contributed by atoms with Crippen LogP contribution in [-0.2, 0) is 0 Å². The van der Waals surface area contributed by atoms with Crippen molar-refractivity contribution in [1.29, 1.82) is 0 Å². The van der Waals surface area contributed by atoms with Crippen molar-refractivity contribution in [3.8, 4) is 0 Å². The van der Waals surface area contributed by atoms with Gasteiger partial charge in [-0.2, -0.15) is 0 Å². The van der Waals surface area contributed by atoms with E-state index in [-0.39, 0.29) is 10.9 Å². The zero-order valence-corrected chi connectivity index (χ0v) is 13.0. The maximum Gasteiger partial charge on any atom is 0.347 e. The van der Waals surface area contributed by atoms with E-state index in [1.54, 1.807) is 6.92 Å². The van der Waals surface area contributed by atoms with Gasteiger partial charge in [-0.3, -0.25) is 0 Å². The summed E-state index contributed by atoms with van der Waals surface area (Å²) < 4.78 is 0. The third kappa shape index (κ3) is 2.94. The molecule has 1 aromatic carbocycles. The highest BCUT2D eigenvalue weighted by Gasteiger charge is 2.20. The Morgan fingerprint density at radius 2 is 2.20 bits per heavy atom. The molecular weight excluding hydrogens is 296 g/mol. The molecule has 2 rings (SSSR count). The van der Waals surface area contributed by atoms with Gasteiger partial charge in [0.1, 0.15) is 4.88 Å². The van der Waals surface area contributed by atoms with E-state index in [0.29, 0.717) is 15.8 Å². The Hall–Kier alpha value is -1.59. The molecule has 0 aliphatic rings. The Bertz CT molecular complexity index is 642. The summed E-state index contributed by atoms with van der Waals surface area (Å²) in [4.78, 5) is 17.6. The highest BCUT2D eigenvalue weighted by molar-refractivity contribution is 7.17. The number of hydrogen-bond donors (Lipinski definition) is 1. The molecule has 0 spiro atoms. The average molecular weight is 311 g/mol. The summed E-state index contributed by atoms with van der Waals surface area (Å²) in [5, 5.41) is 10.5. The van der Waals surface area contributed by atoms with Gasteiger partial charge >= 0.3 is 5.97 Å². The smallest absolute Gasteiger partial charge is 0.347 e. The zero-order valence-electron chi connectivity index (χ0n) is 11.4. The summed E-state index contributed by atoms with van der Waals surface area (Å²) in [6.45, 7) is 3.74. The van der Waals surface area contributed by atoms with Gasteiger partial charge < -0.3 is 10.0 Å². The number of anilines is 1. The predicted molar refractivity (Wildman–Crippen MR) is 82.1 cm³/mol. The van der Waals surface area contributed by atoms with Crippen molar-refractivity contribution >= 4 is 34.0 Å². The SMILES string of the molecule is Cc1nc(N(C)C(C)c2cccc(Cl)c2)sc1C(=O)O. The largest absolute Gasteiger partial charge is 0.477 e. The van der Waals surface area contributed by atoms with Crippen molar-refractivity contribution in [2.45, 2.75) is 19.9 Å². The van der Waals surface area contributed by atoms with Crippen molar-refractivity contribution in [2.75, 3.05) is 11.9 Å². The van der Waals surface area contributed by atoms with E-state index in [1.807, 2.05) is 43.1 Å². The van der Waals surface area contributed by atoms with E-state index < -0.39 is 5.97 Å². The van der Waals surface area contributed by atoms with Gasteiger partial charge in [-0.25, -0.2) is 9.78 Å². The summed E-state index contributed by atoms with van der Waals surface area (Å²) in [5.74, 6) is -0.935. The number of carboxylic acid groups (broad SMARTS) is 1. The molecule has 0 amide bonds. The van der Waals surface area contributed by atoms with Crippen LogP contribution in [0.4, 0.5) is 5.13 Å². The predicted octanol–water partition coefficient (Wildman–Crippen LogP) is 4.00. The number of halogens is 1. The maximum atomic E-state index is 11.1. The molecule has 6 heteroatoms. The van der Waals surface area contributed by atoms with Crippen molar-refractivity contribution in [3.63, 3.8) is 0 Å². The molecule has 1 heterocycles. The van der Waals surface area contributed by atoms with E-state index in [9.17, 15) is 4.79 Å². The second-order valence-electron chi connectivity index (χ2n) is 4.56. The quantitative estimate of drug-likeness (QED) is 0.927. The number of rotatable bonds is 4. The van der Waals surface area contributed by atoms with Crippen molar-refractivity contribution in [1.82, 2.24) is 4.98 Å². The Balaban J connectivity index is 2.29. The van der Waals surface area contributed by atoms with Gasteiger partial charge in [0.2, 0.25) is 0 Å². The lowest BCUT2D eigenvalue weighted by atomic mass is 10.1. The Kier molecular flexibility index (Phi) is 4.30. The molecule has 1 atom stereocenters. The van der Waals surface area contributed by atoms with Crippen LogP contribution in [0.1, 0.15) is 33.9 Å². The first-order valence-corrected chi connectivity index (χ1v) is 7.28. The summed E-state index contributed by atoms with van der Waals surface area (Å²) in [6, 6.07) is 7.68. The number of aromatic nitrogens is 1. The minimum absolute atomic E-state index is 0.0564. The highest BCUT2D eigenvalue weighted by atomic mass is 35.5. The van der Waals surface area contributed by atoms with Crippen LogP contribution in [0.3, 0.4) is 0 Å². The molecular formula is C14H15ClN2O2S. The fourth-order valence-corrected chi connectivity index (χ4v) is 3.03. The summed E-state index contributed by atoms with van der Waals surface area (Å²) in [7, 11) is 1.90. The molecule has 1 unspecified atom stereocenters. The minimum Gasteiger partial charge on any atom is -0.477 e. The van der Waals surface area contributed by atoms with Gasteiger partial charge in [-0.1, -0.05) is 35.1 Å². The van der Waals surface area contributed by atoms with Gasteiger partial charge in [0.25, 0.3) is 0 Å². The van der Waals surface area contributed by atoms with Gasteiger partial charge in [0, 0.05) is 12.1 Å². The van der Waals surface area contributed by atoms with Gasteiger partial charge in [0.15, 0.2) is 5.13 Å². The molecule has 2 aromatic rings. The average Bonchev–Trinajstić information content (AvgIpc) is 2.79. The Morgan fingerprint density at radius 1 is 1.50 bits per heavy atom. The maximum absolute atomic E-state index is 11.1. The van der Waals surface area contributed by atoms with Crippen molar-refractivity contribution in [2.24, 2.45) is 0 Å². The lowest BCUT2D eigenvalue weighted by Crippen LogP contribution is -2.21. The Labute approximate surface area is 126 Å². The number of hydrogen-bond acceptors (Lipinski definition) is 4. The molecule has 0 bridgehead atoms. The molecule has 0 radical (unpaired) electrons. The third-order valence-electron chi connectivity index (χ3n) is 3.19. The number of carbonyl (C=O) groups is 1. The van der Waals surface area contributed by atoms with E-state index in [1.165, 1.54) is 11.3 Å². The molecule has 4 nitrogen and oxygen atoms in total. The summed E-state index contributed by atoms with van der Waals surface area (Å²) in [5.41, 5.74) is 1.60. The molecule has 0 fully saturated rings. The summed E-state index contributed by atoms with van der Waals surface area (Å²) >= 11 is 7.19. The molecule has 1 N–H and O–H groups in total. The van der Waals surface area contributed by atoms with Crippen LogP contribution in [0.2, 0.25) is 5.02 Å². The first kappa shape index (κ1) is 14.8. The number of carboxylic acids is 1. The first-order chi connectivity index (χ1) is 9.40. The zero-order chi connectivity index (χ0) is 14.9. The second-order valence-corrected chi connectivity index (χ2v) is 5.97. The molecule has 0 saturated heterocycles. The molecule has 106 valence electrons. The van der Waals surface area contributed by atoms with Gasteiger partial charge in [-0.15, -0.1) is 0 Å².